The zero-order valence-corrected chi connectivity index (χ0v) is 11.9. The molecule has 0 bridgehead atoms. The van der Waals surface area contributed by atoms with E-state index in [1.807, 2.05) is 31.2 Å². The lowest BCUT2D eigenvalue weighted by Gasteiger charge is -2.31. The van der Waals surface area contributed by atoms with E-state index in [0.29, 0.717) is 13.2 Å². The lowest BCUT2D eigenvalue weighted by atomic mass is 10.2. The highest BCUT2D eigenvalue weighted by molar-refractivity contribution is 9.10. The van der Waals surface area contributed by atoms with Crippen LogP contribution in [0.25, 0.3) is 0 Å². The van der Waals surface area contributed by atoms with Crippen molar-refractivity contribution in [1.82, 2.24) is 4.90 Å². The third-order valence-corrected chi connectivity index (χ3v) is 3.61. The molecule has 2 rings (SSSR count). The van der Waals surface area contributed by atoms with Crippen LogP contribution < -0.4 is 5.32 Å². The summed E-state index contributed by atoms with van der Waals surface area (Å²) in [6.07, 6.45) is 0. The molecular formula is C13H17BrN2O2. The van der Waals surface area contributed by atoms with E-state index in [4.69, 9.17) is 4.74 Å². The number of benzene rings is 1. The van der Waals surface area contributed by atoms with Gasteiger partial charge in [0.05, 0.1) is 19.3 Å². The molecule has 1 heterocycles. The number of rotatable bonds is 3. The average Bonchev–Trinajstić information content (AvgIpc) is 2.41. The van der Waals surface area contributed by atoms with Gasteiger partial charge in [-0.1, -0.05) is 15.9 Å². The second-order valence-corrected chi connectivity index (χ2v) is 5.24. The van der Waals surface area contributed by atoms with Gasteiger partial charge in [-0.3, -0.25) is 9.69 Å². The van der Waals surface area contributed by atoms with Gasteiger partial charge >= 0.3 is 0 Å². The molecule has 0 unspecified atom stereocenters. The maximum absolute atomic E-state index is 12.1. The molecule has 0 spiro atoms. The molecule has 0 aromatic heterocycles. The van der Waals surface area contributed by atoms with Crippen molar-refractivity contribution in [2.24, 2.45) is 0 Å². The maximum Gasteiger partial charge on any atom is 0.241 e. The number of halogens is 1. The highest BCUT2D eigenvalue weighted by atomic mass is 79.9. The molecule has 18 heavy (non-hydrogen) atoms. The molecule has 1 aliphatic heterocycles. The van der Waals surface area contributed by atoms with Crippen molar-refractivity contribution < 1.29 is 9.53 Å². The summed E-state index contributed by atoms with van der Waals surface area (Å²) < 4.78 is 6.28. The van der Waals surface area contributed by atoms with E-state index >= 15 is 0 Å². The molecule has 5 heteroatoms. The lowest BCUT2D eigenvalue weighted by Crippen LogP contribution is -2.47. The third kappa shape index (κ3) is 3.54. The van der Waals surface area contributed by atoms with Gasteiger partial charge in [0.25, 0.3) is 0 Å². The Bertz CT molecular complexity index is 402. The Balaban J connectivity index is 1.92. The van der Waals surface area contributed by atoms with E-state index < -0.39 is 0 Å². The topological polar surface area (TPSA) is 41.6 Å². The molecule has 1 fully saturated rings. The van der Waals surface area contributed by atoms with Crippen molar-refractivity contribution in [3.8, 4) is 0 Å². The highest BCUT2D eigenvalue weighted by Crippen LogP contribution is 2.15. The number of ether oxygens (including phenoxy) is 1. The van der Waals surface area contributed by atoms with Crippen LogP contribution in [0.5, 0.6) is 0 Å². The van der Waals surface area contributed by atoms with Gasteiger partial charge in [0, 0.05) is 23.2 Å². The van der Waals surface area contributed by atoms with E-state index in [1.54, 1.807) is 0 Å². The van der Waals surface area contributed by atoms with Crippen LogP contribution in [0.3, 0.4) is 0 Å². The molecule has 1 saturated heterocycles. The Morgan fingerprint density at radius 2 is 1.94 bits per heavy atom. The van der Waals surface area contributed by atoms with Crippen LogP contribution in [0.15, 0.2) is 28.7 Å². The van der Waals surface area contributed by atoms with Gasteiger partial charge in [0.2, 0.25) is 5.91 Å². The van der Waals surface area contributed by atoms with Crippen LogP contribution in [0.1, 0.15) is 6.92 Å². The Morgan fingerprint density at radius 3 is 2.56 bits per heavy atom. The van der Waals surface area contributed by atoms with Crippen molar-refractivity contribution in [3.05, 3.63) is 28.7 Å². The Morgan fingerprint density at radius 1 is 1.33 bits per heavy atom. The first-order valence-electron chi connectivity index (χ1n) is 6.05. The first-order valence-corrected chi connectivity index (χ1v) is 6.84. The number of nitrogens with one attached hydrogen (secondary N) is 1. The number of hydrogen-bond acceptors (Lipinski definition) is 3. The standard InChI is InChI=1S/C13H17BrN2O2/c1-10(16-6-8-18-9-7-16)13(17)15-12-4-2-11(14)3-5-12/h2-5,10H,6-9H2,1H3,(H,15,17)/t10-/m1/s1. The zero-order valence-electron chi connectivity index (χ0n) is 10.4. The number of carbonyl (C=O) groups is 1. The highest BCUT2D eigenvalue weighted by Gasteiger charge is 2.22. The van der Waals surface area contributed by atoms with Gasteiger partial charge in [-0.05, 0) is 31.2 Å². The predicted molar refractivity (Wildman–Crippen MR) is 74.6 cm³/mol. The smallest absolute Gasteiger partial charge is 0.241 e. The monoisotopic (exact) mass is 312 g/mol. The number of nitrogens with zero attached hydrogens (tertiary/aromatic N) is 1. The average molecular weight is 313 g/mol. The number of amides is 1. The summed E-state index contributed by atoms with van der Waals surface area (Å²) >= 11 is 3.37. The van der Waals surface area contributed by atoms with Crippen LogP contribution in [0.2, 0.25) is 0 Å². The Kier molecular flexibility index (Phi) is 4.74. The molecule has 1 N–H and O–H groups in total. The molecule has 1 aromatic rings. The minimum Gasteiger partial charge on any atom is -0.379 e. The fourth-order valence-electron chi connectivity index (χ4n) is 1.91. The number of anilines is 1. The zero-order chi connectivity index (χ0) is 13.0. The van der Waals surface area contributed by atoms with Crippen LogP contribution in [0, 0.1) is 0 Å². The Hall–Kier alpha value is -0.910. The fraction of sp³-hybridized carbons (Fsp3) is 0.462. The first-order chi connectivity index (χ1) is 8.66. The predicted octanol–water partition coefficient (Wildman–Crippen LogP) is 2.11. The second kappa shape index (κ2) is 6.31. The number of morpholine rings is 1. The van der Waals surface area contributed by atoms with Crippen LogP contribution in [-0.4, -0.2) is 43.2 Å². The molecule has 0 aliphatic carbocycles. The summed E-state index contributed by atoms with van der Waals surface area (Å²) in [6.45, 7) is 4.97. The van der Waals surface area contributed by atoms with E-state index in [-0.39, 0.29) is 11.9 Å². The summed E-state index contributed by atoms with van der Waals surface area (Å²) in [5.41, 5.74) is 0.823. The van der Waals surface area contributed by atoms with Crippen LogP contribution >= 0.6 is 15.9 Å². The van der Waals surface area contributed by atoms with Gasteiger partial charge in [-0.25, -0.2) is 0 Å². The minimum atomic E-state index is -0.127. The number of carbonyl (C=O) groups excluding carboxylic acids is 1. The van der Waals surface area contributed by atoms with Crippen LogP contribution in [-0.2, 0) is 9.53 Å². The molecule has 98 valence electrons. The summed E-state index contributed by atoms with van der Waals surface area (Å²) in [5, 5.41) is 2.92. The molecule has 4 nitrogen and oxygen atoms in total. The summed E-state index contributed by atoms with van der Waals surface area (Å²) in [6, 6.07) is 7.46. The lowest BCUT2D eigenvalue weighted by molar-refractivity contribution is -0.122. The Labute approximate surface area is 115 Å². The van der Waals surface area contributed by atoms with Crippen molar-refractivity contribution in [2.45, 2.75) is 13.0 Å². The maximum atomic E-state index is 12.1. The SMILES string of the molecule is C[C@H](C(=O)Nc1ccc(Br)cc1)N1CCOCC1. The van der Waals surface area contributed by atoms with Crippen molar-refractivity contribution in [3.63, 3.8) is 0 Å². The van der Waals surface area contributed by atoms with Crippen molar-refractivity contribution in [2.75, 3.05) is 31.6 Å². The van der Waals surface area contributed by atoms with Gasteiger partial charge in [-0.15, -0.1) is 0 Å². The molecule has 0 radical (unpaired) electrons. The quantitative estimate of drug-likeness (QED) is 0.929. The van der Waals surface area contributed by atoms with Crippen molar-refractivity contribution >= 4 is 27.5 Å². The normalized spacial score (nSPS) is 18.3. The van der Waals surface area contributed by atoms with E-state index in [1.165, 1.54) is 0 Å². The van der Waals surface area contributed by atoms with E-state index in [2.05, 4.69) is 26.1 Å². The minimum absolute atomic E-state index is 0.0271. The molecular weight excluding hydrogens is 296 g/mol. The molecule has 0 saturated carbocycles. The van der Waals surface area contributed by atoms with E-state index in [0.717, 1.165) is 23.2 Å². The van der Waals surface area contributed by atoms with E-state index in [9.17, 15) is 4.79 Å². The van der Waals surface area contributed by atoms with Gasteiger partial charge in [-0.2, -0.15) is 0 Å². The van der Waals surface area contributed by atoms with Gasteiger partial charge in [0.1, 0.15) is 0 Å². The first kappa shape index (κ1) is 13.5. The second-order valence-electron chi connectivity index (χ2n) is 4.32. The fourth-order valence-corrected chi connectivity index (χ4v) is 2.17. The summed E-state index contributed by atoms with van der Waals surface area (Å²) in [4.78, 5) is 14.2. The molecule has 1 aliphatic rings. The molecule has 1 aromatic carbocycles. The van der Waals surface area contributed by atoms with Gasteiger partial charge < -0.3 is 10.1 Å². The molecule has 1 amide bonds. The van der Waals surface area contributed by atoms with Crippen LogP contribution in [0.4, 0.5) is 5.69 Å². The largest absolute Gasteiger partial charge is 0.379 e. The van der Waals surface area contributed by atoms with Gasteiger partial charge in [0.15, 0.2) is 0 Å². The third-order valence-electron chi connectivity index (χ3n) is 3.08. The number of hydrogen-bond donors (Lipinski definition) is 1. The molecule has 1 atom stereocenters. The summed E-state index contributed by atoms with van der Waals surface area (Å²) in [5.74, 6) is 0.0271. The summed E-state index contributed by atoms with van der Waals surface area (Å²) in [7, 11) is 0. The van der Waals surface area contributed by atoms with Crippen molar-refractivity contribution in [1.29, 1.82) is 0 Å².